The van der Waals surface area contributed by atoms with Gasteiger partial charge in [-0.25, -0.2) is 0 Å². The number of nitrogen functional groups attached to an aromatic ring is 1. The molecular weight excluding hydrogens is 386 g/mol. The molecule has 31 heavy (non-hydrogen) atoms. The molecule has 2 aromatic carbocycles. The van der Waals surface area contributed by atoms with Gasteiger partial charge in [-0.3, -0.25) is 10.9 Å². The molecule has 5 rings (SSSR count). The summed E-state index contributed by atoms with van der Waals surface area (Å²) in [6.07, 6.45) is 5.59. The van der Waals surface area contributed by atoms with E-state index in [0.717, 1.165) is 49.9 Å². The van der Waals surface area contributed by atoms with Crippen molar-refractivity contribution in [3.05, 3.63) is 76.9 Å². The Morgan fingerprint density at radius 2 is 1.10 bits per heavy atom. The number of rotatable bonds is 4. The van der Waals surface area contributed by atoms with Crippen molar-refractivity contribution in [3.63, 3.8) is 0 Å². The molecule has 3 aromatic rings. The lowest BCUT2D eigenvalue weighted by atomic mass is 9.90. The van der Waals surface area contributed by atoms with E-state index in [4.69, 9.17) is 5.73 Å². The number of hydrogen-bond acceptors (Lipinski definition) is 7. The lowest BCUT2D eigenvalue weighted by molar-refractivity contribution is 0.938. The first-order valence-corrected chi connectivity index (χ1v) is 10.6. The summed E-state index contributed by atoms with van der Waals surface area (Å²) >= 11 is 0. The number of fused-ring (bicyclic) bond motifs is 2. The number of aryl methyl sites for hydroxylation is 2. The summed E-state index contributed by atoms with van der Waals surface area (Å²) in [5, 5.41) is 9.13. The number of anilines is 3. The topological polar surface area (TPSA) is 101 Å². The van der Waals surface area contributed by atoms with Crippen LogP contribution in [0.2, 0.25) is 0 Å². The summed E-state index contributed by atoms with van der Waals surface area (Å²) in [6, 6.07) is 18.8. The fraction of sp³-hybridized carbons (Fsp3) is 0.250. The van der Waals surface area contributed by atoms with Gasteiger partial charge in [-0.2, -0.15) is 20.2 Å². The second kappa shape index (κ2) is 8.55. The van der Waals surface area contributed by atoms with Crippen molar-refractivity contribution in [3.8, 4) is 0 Å². The molecule has 1 heterocycles. The Morgan fingerprint density at radius 1 is 0.645 bits per heavy atom. The van der Waals surface area contributed by atoms with Gasteiger partial charge in [-0.15, -0.1) is 0 Å². The first kappa shape index (κ1) is 19.2. The third-order valence-corrected chi connectivity index (χ3v) is 5.79. The Morgan fingerprint density at radius 3 is 1.58 bits per heavy atom. The van der Waals surface area contributed by atoms with Gasteiger partial charge in [0.25, 0.3) is 0 Å². The van der Waals surface area contributed by atoms with Crippen LogP contribution in [-0.2, 0) is 25.7 Å². The van der Waals surface area contributed by atoms with E-state index in [-0.39, 0.29) is 5.95 Å². The van der Waals surface area contributed by atoms with Gasteiger partial charge in [-0.05, 0) is 47.9 Å². The van der Waals surface area contributed by atoms with Crippen LogP contribution in [0.4, 0.5) is 17.6 Å². The Balaban J connectivity index is 1.26. The summed E-state index contributed by atoms with van der Waals surface area (Å²) in [4.78, 5) is 8.49. The molecule has 1 aromatic heterocycles. The van der Waals surface area contributed by atoms with Crippen LogP contribution in [0.25, 0.3) is 0 Å². The SMILES string of the molecule is Nc1nc(N/N=C2/CCc3ccccc3C2)cc(N/N=C2\CCc3ccccc3C2)n1. The molecular formula is C24H25N7. The van der Waals surface area contributed by atoms with Gasteiger partial charge in [-0.1, -0.05) is 48.5 Å². The Kier molecular flexibility index (Phi) is 5.31. The Labute approximate surface area is 181 Å². The third-order valence-electron chi connectivity index (χ3n) is 5.79. The van der Waals surface area contributed by atoms with Gasteiger partial charge in [0.1, 0.15) is 0 Å². The zero-order valence-corrected chi connectivity index (χ0v) is 17.3. The molecule has 2 aliphatic rings. The van der Waals surface area contributed by atoms with Crippen molar-refractivity contribution in [1.29, 1.82) is 0 Å². The number of nitrogens with two attached hydrogens (primary N) is 1. The highest BCUT2D eigenvalue weighted by Gasteiger charge is 2.15. The molecule has 0 fully saturated rings. The van der Waals surface area contributed by atoms with E-state index >= 15 is 0 Å². The fourth-order valence-corrected chi connectivity index (χ4v) is 4.17. The van der Waals surface area contributed by atoms with Crippen LogP contribution in [-0.4, -0.2) is 21.4 Å². The maximum atomic E-state index is 5.90. The molecule has 0 radical (unpaired) electrons. The van der Waals surface area contributed by atoms with E-state index in [9.17, 15) is 0 Å². The van der Waals surface area contributed by atoms with Crippen molar-refractivity contribution in [1.82, 2.24) is 9.97 Å². The van der Waals surface area contributed by atoms with E-state index in [1.807, 2.05) is 0 Å². The number of nitrogens with one attached hydrogen (secondary N) is 2. The van der Waals surface area contributed by atoms with Crippen LogP contribution in [0, 0.1) is 0 Å². The highest BCUT2D eigenvalue weighted by molar-refractivity contribution is 5.89. The predicted octanol–water partition coefficient (Wildman–Crippen LogP) is 3.97. The van der Waals surface area contributed by atoms with Crippen LogP contribution in [0.3, 0.4) is 0 Å². The second-order valence-electron chi connectivity index (χ2n) is 7.97. The lowest BCUT2D eigenvalue weighted by Gasteiger charge is -2.17. The quantitative estimate of drug-likeness (QED) is 0.564. The van der Waals surface area contributed by atoms with E-state index in [0.29, 0.717) is 11.6 Å². The lowest BCUT2D eigenvalue weighted by Crippen LogP contribution is -2.16. The van der Waals surface area contributed by atoms with E-state index in [2.05, 4.69) is 79.6 Å². The van der Waals surface area contributed by atoms with E-state index < -0.39 is 0 Å². The van der Waals surface area contributed by atoms with Crippen molar-refractivity contribution in [2.75, 3.05) is 16.6 Å². The fourth-order valence-electron chi connectivity index (χ4n) is 4.17. The molecule has 0 bridgehead atoms. The highest BCUT2D eigenvalue weighted by Crippen LogP contribution is 2.21. The largest absolute Gasteiger partial charge is 0.368 e. The van der Waals surface area contributed by atoms with E-state index in [1.54, 1.807) is 6.07 Å². The minimum atomic E-state index is 0.177. The molecule has 2 aliphatic carbocycles. The molecule has 7 heteroatoms. The minimum Gasteiger partial charge on any atom is -0.368 e. The summed E-state index contributed by atoms with van der Waals surface area (Å²) < 4.78 is 0. The molecule has 156 valence electrons. The Bertz CT molecular complexity index is 1080. The van der Waals surface area contributed by atoms with Crippen LogP contribution in [0.1, 0.15) is 35.1 Å². The molecule has 0 saturated carbocycles. The summed E-state index contributed by atoms with van der Waals surface area (Å²) in [6.45, 7) is 0. The standard InChI is InChI=1S/C24H25N7/c25-24-26-22(30-28-20-11-9-16-5-1-3-7-18(16)13-20)15-23(27-24)31-29-21-12-10-17-6-2-4-8-19(17)14-21/h1-8,15H,9-14H2,(H4,25,26,27,30,31)/b28-20-,29-21+. The van der Waals surface area contributed by atoms with Crippen molar-refractivity contribution in [2.45, 2.75) is 38.5 Å². The van der Waals surface area contributed by atoms with Crippen LogP contribution in [0.5, 0.6) is 0 Å². The molecule has 0 saturated heterocycles. The van der Waals surface area contributed by atoms with Gasteiger partial charge < -0.3 is 5.73 Å². The maximum Gasteiger partial charge on any atom is 0.224 e. The second-order valence-corrected chi connectivity index (χ2v) is 7.97. The zero-order chi connectivity index (χ0) is 21.0. The monoisotopic (exact) mass is 411 g/mol. The normalized spacial score (nSPS) is 17.8. The molecule has 0 amide bonds. The van der Waals surface area contributed by atoms with Crippen LogP contribution in [0.15, 0.2) is 64.8 Å². The maximum absolute atomic E-state index is 5.90. The van der Waals surface area contributed by atoms with Crippen LogP contribution >= 0.6 is 0 Å². The molecule has 4 N–H and O–H groups in total. The summed E-state index contributed by atoms with van der Waals surface area (Å²) in [5.41, 5.74) is 19.7. The highest BCUT2D eigenvalue weighted by atomic mass is 15.4. The zero-order valence-electron chi connectivity index (χ0n) is 17.3. The number of hydrogen-bond donors (Lipinski definition) is 3. The van der Waals surface area contributed by atoms with Crippen molar-refractivity contribution in [2.24, 2.45) is 10.2 Å². The number of benzene rings is 2. The predicted molar refractivity (Wildman–Crippen MR) is 125 cm³/mol. The molecule has 7 nitrogen and oxygen atoms in total. The van der Waals surface area contributed by atoms with Gasteiger partial charge in [0.05, 0.1) is 0 Å². The van der Waals surface area contributed by atoms with Gasteiger partial charge >= 0.3 is 0 Å². The van der Waals surface area contributed by atoms with Crippen LogP contribution < -0.4 is 16.6 Å². The van der Waals surface area contributed by atoms with Gasteiger partial charge in [0, 0.05) is 30.3 Å². The van der Waals surface area contributed by atoms with E-state index in [1.165, 1.54) is 22.3 Å². The summed E-state index contributed by atoms with van der Waals surface area (Å²) in [5.74, 6) is 1.28. The van der Waals surface area contributed by atoms with Crippen molar-refractivity contribution < 1.29 is 0 Å². The number of hydrazone groups is 2. The average molecular weight is 412 g/mol. The minimum absolute atomic E-state index is 0.177. The smallest absolute Gasteiger partial charge is 0.224 e. The number of nitrogens with zero attached hydrogens (tertiary/aromatic N) is 4. The molecule has 0 aliphatic heterocycles. The van der Waals surface area contributed by atoms with Gasteiger partial charge in [0.2, 0.25) is 5.95 Å². The summed E-state index contributed by atoms with van der Waals surface area (Å²) in [7, 11) is 0. The molecule has 0 spiro atoms. The number of aromatic nitrogens is 2. The average Bonchev–Trinajstić information content (AvgIpc) is 2.81. The van der Waals surface area contributed by atoms with Crippen molar-refractivity contribution >= 4 is 29.0 Å². The first-order valence-electron chi connectivity index (χ1n) is 10.6. The molecule has 0 atom stereocenters. The Hall–Kier alpha value is -3.74. The molecule has 0 unspecified atom stereocenters. The van der Waals surface area contributed by atoms with Gasteiger partial charge in [0.15, 0.2) is 11.6 Å². The first-order chi connectivity index (χ1) is 15.2. The third kappa shape index (κ3) is 4.55.